The summed E-state index contributed by atoms with van der Waals surface area (Å²) in [4.78, 5) is 0. The molecule has 0 saturated carbocycles. The standard InChI is InChI=1S/C13H24B2F3O3/c1-9(2,13(16,17)18)10(3,4)19-14-15-20-11(5,6)12(7,8)21-15/h1-8H3. The van der Waals surface area contributed by atoms with E-state index in [2.05, 4.69) is 0 Å². The molecule has 1 rings (SSSR count). The van der Waals surface area contributed by atoms with Crippen molar-refractivity contribution in [2.75, 3.05) is 0 Å². The van der Waals surface area contributed by atoms with Crippen molar-refractivity contribution in [3.8, 4) is 0 Å². The lowest BCUT2D eigenvalue weighted by atomic mass is 9.55. The maximum Gasteiger partial charge on any atom is 0.439 e. The molecule has 0 spiro atoms. The van der Waals surface area contributed by atoms with Gasteiger partial charge in [0.2, 0.25) is 0 Å². The van der Waals surface area contributed by atoms with E-state index < -0.39 is 35.4 Å². The zero-order valence-electron chi connectivity index (χ0n) is 14.0. The van der Waals surface area contributed by atoms with Crippen molar-refractivity contribution in [1.29, 1.82) is 0 Å². The molecule has 121 valence electrons. The second kappa shape index (κ2) is 5.17. The Balaban J connectivity index is 2.72. The van der Waals surface area contributed by atoms with Crippen LogP contribution in [0.15, 0.2) is 0 Å². The molecule has 1 saturated heterocycles. The van der Waals surface area contributed by atoms with E-state index in [0.717, 1.165) is 13.8 Å². The van der Waals surface area contributed by atoms with Crippen LogP contribution in [0.5, 0.6) is 0 Å². The summed E-state index contributed by atoms with van der Waals surface area (Å²) in [5.41, 5.74) is -4.57. The summed E-state index contributed by atoms with van der Waals surface area (Å²) >= 11 is 0. The van der Waals surface area contributed by atoms with Gasteiger partial charge in [0, 0.05) is 0 Å². The fourth-order valence-corrected chi connectivity index (χ4v) is 1.66. The Labute approximate surface area is 126 Å². The highest BCUT2D eigenvalue weighted by molar-refractivity contribution is 7.03. The molecule has 0 amide bonds. The maximum atomic E-state index is 13.1. The molecule has 3 nitrogen and oxygen atoms in total. The van der Waals surface area contributed by atoms with Crippen molar-refractivity contribution in [3.63, 3.8) is 0 Å². The van der Waals surface area contributed by atoms with Crippen LogP contribution in [0.3, 0.4) is 0 Å². The molecule has 21 heavy (non-hydrogen) atoms. The lowest BCUT2D eigenvalue weighted by Crippen LogP contribution is -2.53. The minimum atomic E-state index is -4.37. The molecule has 0 aliphatic carbocycles. The predicted molar refractivity (Wildman–Crippen MR) is 76.8 cm³/mol. The summed E-state index contributed by atoms with van der Waals surface area (Å²) in [7, 11) is 0.419. The summed E-state index contributed by atoms with van der Waals surface area (Å²) in [6.45, 7) is 12.5. The molecule has 1 aliphatic heterocycles. The third-order valence-electron chi connectivity index (χ3n) is 4.96. The van der Waals surface area contributed by atoms with Crippen LogP contribution in [0.25, 0.3) is 0 Å². The van der Waals surface area contributed by atoms with Crippen LogP contribution in [-0.4, -0.2) is 37.4 Å². The van der Waals surface area contributed by atoms with Crippen molar-refractivity contribution in [3.05, 3.63) is 0 Å². The largest absolute Gasteiger partial charge is 0.439 e. The van der Waals surface area contributed by atoms with Crippen molar-refractivity contribution >= 4 is 14.4 Å². The normalized spacial score (nSPS) is 22.5. The molecule has 1 fully saturated rings. The minimum Gasteiger partial charge on any atom is -0.437 e. The van der Waals surface area contributed by atoms with Gasteiger partial charge in [-0.1, -0.05) is 0 Å². The number of rotatable bonds is 4. The van der Waals surface area contributed by atoms with E-state index in [4.69, 9.17) is 14.0 Å². The van der Waals surface area contributed by atoms with E-state index >= 15 is 0 Å². The van der Waals surface area contributed by atoms with Crippen molar-refractivity contribution < 1.29 is 27.1 Å². The zero-order chi connectivity index (χ0) is 16.9. The highest BCUT2D eigenvalue weighted by atomic mass is 19.4. The molecule has 0 aromatic heterocycles. The first-order valence-electron chi connectivity index (χ1n) is 6.97. The number of hydrogen-bond donors (Lipinski definition) is 0. The Bertz CT molecular complexity index is 377. The van der Waals surface area contributed by atoms with Crippen LogP contribution in [0.4, 0.5) is 13.2 Å². The fraction of sp³-hybridized carbons (Fsp3) is 1.00. The second-order valence-electron chi connectivity index (χ2n) is 7.51. The van der Waals surface area contributed by atoms with Gasteiger partial charge in [0.05, 0.1) is 22.2 Å². The minimum absolute atomic E-state index is 0.554. The number of hydrogen-bond acceptors (Lipinski definition) is 3. The van der Waals surface area contributed by atoms with Crippen LogP contribution in [-0.2, 0) is 14.0 Å². The molecule has 1 heterocycles. The monoisotopic (exact) mass is 307 g/mol. The van der Waals surface area contributed by atoms with E-state index in [0.29, 0.717) is 0 Å². The van der Waals surface area contributed by atoms with Gasteiger partial charge in [0.25, 0.3) is 0 Å². The van der Waals surface area contributed by atoms with E-state index in [1.54, 1.807) is 0 Å². The Morgan fingerprint density at radius 1 is 0.905 bits per heavy atom. The Hall–Kier alpha value is -0.200. The summed E-state index contributed by atoms with van der Waals surface area (Å²) in [6, 6.07) is 0. The van der Waals surface area contributed by atoms with Gasteiger partial charge >= 0.3 is 20.6 Å². The molecule has 1 aliphatic rings. The highest BCUT2D eigenvalue weighted by Crippen LogP contribution is 2.47. The predicted octanol–water partition coefficient (Wildman–Crippen LogP) is 3.58. The molecule has 0 atom stereocenters. The van der Waals surface area contributed by atoms with Crippen LogP contribution >= 0.6 is 0 Å². The van der Waals surface area contributed by atoms with Gasteiger partial charge in [-0.2, -0.15) is 13.2 Å². The van der Waals surface area contributed by atoms with Crippen LogP contribution in [0.1, 0.15) is 55.4 Å². The van der Waals surface area contributed by atoms with E-state index in [9.17, 15) is 13.2 Å². The van der Waals surface area contributed by atoms with Gasteiger partial charge in [0.1, 0.15) is 0 Å². The van der Waals surface area contributed by atoms with Gasteiger partial charge in [-0.05, 0) is 55.4 Å². The average Bonchev–Trinajstić information content (AvgIpc) is 2.43. The average molecular weight is 307 g/mol. The molecule has 0 bridgehead atoms. The fourth-order valence-electron chi connectivity index (χ4n) is 1.66. The van der Waals surface area contributed by atoms with Gasteiger partial charge in [-0.25, -0.2) is 0 Å². The molecule has 0 unspecified atom stereocenters. The Kier molecular flexibility index (Phi) is 4.64. The van der Waals surface area contributed by atoms with Gasteiger partial charge in [-0.15, -0.1) is 0 Å². The number of alkyl halides is 3. The Morgan fingerprint density at radius 3 is 1.62 bits per heavy atom. The van der Waals surface area contributed by atoms with Crippen LogP contribution < -0.4 is 0 Å². The van der Waals surface area contributed by atoms with Gasteiger partial charge < -0.3 is 14.0 Å². The maximum absolute atomic E-state index is 13.1. The van der Waals surface area contributed by atoms with Crippen LogP contribution in [0, 0.1) is 5.41 Å². The van der Waals surface area contributed by atoms with Gasteiger partial charge in [-0.3, -0.25) is 0 Å². The van der Waals surface area contributed by atoms with Crippen molar-refractivity contribution in [2.24, 2.45) is 5.41 Å². The second-order valence-corrected chi connectivity index (χ2v) is 7.51. The lowest BCUT2D eigenvalue weighted by molar-refractivity contribution is -0.257. The summed E-state index contributed by atoms with van der Waals surface area (Å²) in [5, 5.41) is 0. The molecule has 0 aromatic carbocycles. The third-order valence-corrected chi connectivity index (χ3v) is 4.96. The van der Waals surface area contributed by atoms with Crippen molar-refractivity contribution in [1.82, 2.24) is 0 Å². The molecule has 1 radical (unpaired) electrons. The molecular formula is C13H24B2F3O3. The third kappa shape index (κ3) is 3.42. The summed E-state index contributed by atoms with van der Waals surface area (Å²) < 4.78 is 56.1. The quantitative estimate of drug-likeness (QED) is 0.743. The van der Waals surface area contributed by atoms with E-state index in [1.807, 2.05) is 27.7 Å². The SMILES string of the molecule is CC1(C)OB([B]OC(C)(C)C(C)(C)C(F)(F)F)OC1(C)C. The van der Waals surface area contributed by atoms with E-state index in [1.165, 1.54) is 21.2 Å². The molecule has 8 heteroatoms. The van der Waals surface area contributed by atoms with Gasteiger partial charge in [0.15, 0.2) is 0 Å². The Morgan fingerprint density at radius 2 is 1.29 bits per heavy atom. The van der Waals surface area contributed by atoms with Crippen molar-refractivity contribution in [2.45, 2.75) is 78.4 Å². The first-order valence-corrected chi connectivity index (χ1v) is 6.97. The molecular weight excluding hydrogens is 283 g/mol. The van der Waals surface area contributed by atoms with Crippen LogP contribution in [0.2, 0.25) is 0 Å². The highest BCUT2D eigenvalue weighted by Gasteiger charge is 2.58. The first-order chi connectivity index (χ1) is 9.04. The smallest absolute Gasteiger partial charge is 0.437 e. The lowest BCUT2D eigenvalue weighted by Gasteiger charge is -2.43. The topological polar surface area (TPSA) is 27.7 Å². The number of halogens is 3. The summed E-state index contributed by atoms with van der Waals surface area (Å²) in [6.07, 6.45) is -4.37. The molecule has 0 aromatic rings. The van der Waals surface area contributed by atoms with E-state index in [-0.39, 0.29) is 0 Å². The summed E-state index contributed by atoms with van der Waals surface area (Å²) in [5.74, 6) is 0. The molecule has 0 N–H and O–H groups in total. The zero-order valence-corrected chi connectivity index (χ0v) is 14.0. The first kappa shape index (κ1) is 18.8.